The molecule has 5 nitrogen and oxygen atoms in total. The first-order chi connectivity index (χ1) is 14.0. The molecule has 1 aliphatic heterocycles. The van der Waals surface area contributed by atoms with Crippen molar-refractivity contribution in [2.75, 3.05) is 52.0 Å². The smallest absolute Gasteiger partial charge is 0.287 e. The number of ether oxygens (including phenoxy) is 1. The normalized spacial score (nSPS) is 15.1. The fourth-order valence-corrected chi connectivity index (χ4v) is 4.21. The van der Waals surface area contributed by atoms with Gasteiger partial charge in [0.1, 0.15) is 0 Å². The molecule has 0 bridgehead atoms. The average molecular weight is 412 g/mol. The number of nitrogens with zero attached hydrogens (tertiary/aromatic N) is 2. The van der Waals surface area contributed by atoms with Gasteiger partial charge in [0.2, 0.25) is 0 Å². The molecule has 2 aromatic carbocycles. The van der Waals surface area contributed by atoms with E-state index in [-0.39, 0.29) is 11.9 Å². The van der Waals surface area contributed by atoms with Gasteiger partial charge in [0.15, 0.2) is 5.76 Å². The molecule has 1 amide bonds. The number of rotatable bonds is 7. The lowest BCUT2D eigenvalue weighted by Crippen LogP contribution is -2.36. The summed E-state index contributed by atoms with van der Waals surface area (Å²) in [6.07, 6.45) is 0. The molecule has 0 aromatic heterocycles. The third kappa shape index (κ3) is 5.34. The highest BCUT2D eigenvalue weighted by Gasteiger charge is 2.24. The molecule has 3 rings (SSSR count). The highest BCUT2D eigenvalue weighted by atomic mass is 32.2. The number of carbonyl (C=O) groups is 1. The van der Waals surface area contributed by atoms with Crippen molar-refractivity contribution in [2.45, 2.75) is 6.04 Å². The standard InChI is InChI=1S/C23H29N3O2S/c1-25(2)19-12-10-17(11-13-19)20(26(3)4)16-24-23(27)21-22(29-15-14-28-21)18-8-6-5-7-9-18/h5-13,20H,14-16H2,1-4H3,(H,24,27). The SMILES string of the molecule is CN(C)c1ccc(C(CNC(=O)C2=C(c3ccccc3)SCCO2)N(C)C)cc1. The molecule has 0 aliphatic carbocycles. The predicted molar refractivity (Wildman–Crippen MR) is 122 cm³/mol. The van der Waals surface area contributed by atoms with Crippen LogP contribution in [0.4, 0.5) is 5.69 Å². The van der Waals surface area contributed by atoms with Gasteiger partial charge in [-0.05, 0) is 37.4 Å². The first-order valence-corrected chi connectivity index (χ1v) is 10.7. The van der Waals surface area contributed by atoms with Crippen molar-refractivity contribution < 1.29 is 9.53 Å². The Kier molecular flexibility index (Phi) is 7.23. The van der Waals surface area contributed by atoms with Crippen LogP contribution in [0.1, 0.15) is 17.2 Å². The molecule has 0 saturated heterocycles. The number of benzene rings is 2. The molecule has 0 fully saturated rings. The maximum atomic E-state index is 13.0. The summed E-state index contributed by atoms with van der Waals surface area (Å²) in [6, 6.07) is 18.5. The zero-order chi connectivity index (χ0) is 20.8. The summed E-state index contributed by atoms with van der Waals surface area (Å²) in [5, 5.41) is 3.08. The van der Waals surface area contributed by atoms with Crippen LogP contribution in [-0.4, -0.2) is 57.9 Å². The molecule has 1 N–H and O–H groups in total. The van der Waals surface area contributed by atoms with Gasteiger partial charge in [-0.2, -0.15) is 0 Å². The van der Waals surface area contributed by atoms with E-state index >= 15 is 0 Å². The Bertz CT molecular complexity index is 848. The van der Waals surface area contributed by atoms with E-state index in [2.05, 4.69) is 39.4 Å². The van der Waals surface area contributed by atoms with Gasteiger partial charge in [-0.25, -0.2) is 0 Å². The van der Waals surface area contributed by atoms with Crippen molar-refractivity contribution in [3.05, 3.63) is 71.5 Å². The summed E-state index contributed by atoms with van der Waals surface area (Å²) in [6.45, 7) is 1.06. The number of anilines is 1. The first-order valence-electron chi connectivity index (χ1n) is 9.74. The fourth-order valence-electron chi connectivity index (χ4n) is 3.25. The van der Waals surface area contributed by atoms with E-state index in [0.717, 1.165) is 27.5 Å². The summed E-state index contributed by atoms with van der Waals surface area (Å²) < 4.78 is 5.77. The fraction of sp³-hybridized carbons (Fsp3) is 0.348. The van der Waals surface area contributed by atoms with Gasteiger partial charge in [-0.3, -0.25) is 4.79 Å². The summed E-state index contributed by atoms with van der Waals surface area (Å²) in [5.41, 5.74) is 3.34. The van der Waals surface area contributed by atoms with Crippen LogP contribution < -0.4 is 10.2 Å². The van der Waals surface area contributed by atoms with Crippen molar-refractivity contribution in [3.8, 4) is 0 Å². The molecule has 1 heterocycles. The third-order valence-corrected chi connectivity index (χ3v) is 5.98. The second-order valence-corrected chi connectivity index (χ2v) is 8.50. The maximum Gasteiger partial charge on any atom is 0.287 e. The highest BCUT2D eigenvalue weighted by molar-refractivity contribution is 8.08. The number of hydrogen-bond donors (Lipinski definition) is 1. The molecule has 6 heteroatoms. The van der Waals surface area contributed by atoms with Crippen molar-refractivity contribution in [2.24, 2.45) is 0 Å². The van der Waals surface area contributed by atoms with Crippen LogP contribution in [0.3, 0.4) is 0 Å². The molecule has 2 aromatic rings. The highest BCUT2D eigenvalue weighted by Crippen LogP contribution is 2.34. The number of amides is 1. The quantitative estimate of drug-likeness (QED) is 0.754. The number of hydrogen-bond acceptors (Lipinski definition) is 5. The van der Waals surface area contributed by atoms with Crippen LogP contribution in [0, 0.1) is 0 Å². The first kappa shape index (κ1) is 21.3. The summed E-state index contributed by atoms with van der Waals surface area (Å²) in [7, 11) is 8.11. The van der Waals surface area contributed by atoms with Crippen molar-refractivity contribution in [1.82, 2.24) is 10.2 Å². The number of nitrogens with one attached hydrogen (secondary N) is 1. The van der Waals surface area contributed by atoms with Crippen LogP contribution >= 0.6 is 11.8 Å². The minimum atomic E-state index is -0.159. The van der Waals surface area contributed by atoms with E-state index in [0.29, 0.717) is 18.9 Å². The van der Waals surface area contributed by atoms with Crippen LogP contribution in [0.5, 0.6) is 0 Å². The largest absolute Gasteiger partial charge is 0.486 e. The van der Waals surface area contributed by atoms with Gasteiger partial charge >= 0.3 is 0 Å². The Morgan fingerprint density at radius 3 is 2.38 bits per heavy atom. The van der Waals surface area contributed by atoms with Gasteiger partial charge < -0.3 is 19.9 Å². The molecule has 1 aliphatic rings. The Hall–Kier alpha value is -2.44. The lowest BCUT2D eigenvalue weighted by atomic mass is 10.1. The van der Waals surface area contributed by atoms with E-state index in [1.165, 1.54) is 0 Å². The third-order valence-electron chi connectivity index (χ3n) is 4.90. The van der Waals surface area contributed by atoms with E-state index < -0.39 is 0 Å². The van der Waals surface area contributed by atoms with Crippen LogP contribution in [0.2, 0.25) is 0 Å². The van der Waals surface area contributed by atoms with E-state index in [1.807, 2.05) is 58.5 Å². The topological polar surface area (TPSA) is 44.8 Å². The zero-order valence-corrected chi connectivity index (χ0v) is 18.3. The van der Waals surface area contributed by atoms with Crippen molar-refractivity contribution in [1.29, 1.82) is 0 Å². The lowest BCUT2D eigenvalue weighted by Gasteiger charge is -2.27. The summed E-state index contributed by atoms with van der Waals surface area (Å²) in [4.78, 5) is 18.1. The number of likely N-dealkylation sites (N-methyl/N-ethyl adjacent to an activating group) is 1. The van der Waals surface area contributed by atoms with Gasteiger partial charge in [0.05, 0.1) is 17.6 Å². The molecule has 29 heavy (non-hydrogen) atoms. The minimum Gasteiger partial charge on any atom is -0.486 e. The molecule has 0 saturated carbocycles. The Morgan fingerprint density at radius 1 is 1.07 bits per heavy atom. The van der Waals surface area contributed by atoms with Gasteiger partial charge in [0.25, 0.3) is 5.91 Å². The molecule has 1 atom stereocenters. The zero-order valence-electron chi connectivity index (χ0n) is 17.5. The molecule has 1 unspecified atom stereocenters. The second-order valence-electron chi connectivity index (χ2n) is 7.40. The van der Waals surface area contributed by atoms with Crippen LogP contribution in [0.15, 0.2) is 60.4 Å². The number of thioether (sulfide) groups is 1. The Labute approximate surface area is 177 Å². The van der Waals surface area contributed by atoms with E-state index in [9.17, 15) is 4.79 Å². The van der Waals surface area contributed by atoms with Gasteiger partial charge in [-0.1, -0.05) is 42.5 Å². The minimum absolute atomic E-state index is 0.0761. The molecular formula is C23H29N3O2S. The van der Waals surface area contributed by atoms with E-state index in [4.69, 9.17) is 4.74 Å². The predicted octanol–water partition coefficient (Wildman–Crippen LogP) is 3.60. The van der Waals surface area contributed by atoms with Crippen LogP contribution in [0.25, 0.3) is 4.91 Å². The molecular weight excluding hydrogens is 382 g/mol. The van der Waals surface area contributed by atoms with Crippen LogP contribution in [-0.2, 0) is 9.53 Å². The van der Waals surface area contributed by atoms with Gasteiger partial charge in [-0.15, -0.1) is 11.8 Å². The average Bonchev–Trinajstić information content (AvgIpc) is 2.74. The van der Waals surface area contributed by atoms with Crippen molar-refractivity contribution in [3.63, 3.8) is 0 Å². The summed E-state index contributed by atoms with van der Waals surface area (Å²) >= 11 is 1.67. The maximum absolute atomic E-state index is 13.0. The van der Waals surface area contributed by atoms with E-state index in [1.54, 1.807) is 11.8 Å². The summed E-state index contributed by atoms with van der Waals surface area (Å²) in [5.74, 6) is 1.11. The molecule has 0 radical (unpaired) electrons. The van der Waals surface area contributed by atoms with Crippen molar-refractivity contribution >= 4 is 28.3 Å². The number of carbonyl (C=O) groups excluding carboxylic acids is 1. The van der Waals surface area contributed by atoms with Gasteiger partial charge in [0, 0.05) is 32.1 Å². The molecule has 154 valence electrons. The Balaban J connectivity index is 1.75. The second kappa shape index (κ2) is 9.85. The molecule has 0 spiro atoms. The lowest BCUT2D eigenvalue weighted by molar-refractivity contribution is -0.120. The monoisotopic (exact) mass is 411 g/mol. The Morgan fingerprint density at radius 2 is 1.76 bits per heavy atom.